The second kappa shape index (κ2) is 7.63. The zero-order valence-electron chi connectivity index (χ0n) is 14.3. The van der Waals surface area contributed by atoms with Crippen molar-refractivity contribution in [3.63, 3.8) is 0 Å². The van der Waals surface area contributed by atoms with Gasteiger partial charge in [0.25, 0.3) is 5.91 Å². The van der Waals surface area contributed by atoms with Crippen molar-refractivity contribution in [3.05, 3.63) is 24.3 Å². The predicted molar refractivity (Wildman–Crippen MR) is 92.3 cm³/mol. The van der Waals surface area contributed by atoms with E-state index in [1.165, 1.54) is 24.3 Å². The maximum absolute atomic E-state index is 12.8. The van der Waals surface area contributed by atoms with Crippen LogP contribution < -0.4 is 10.1 Å². The van der Waals surface area contributed by atoms with Gasteiger partial charge in [-0.25, -0.2) is 8.42 Å². The topological polar surface area (TPSA) is 113 Å². The molecule has 0 radical (unpaired) electrons. The normalized spacial score (nSPS) is 21.2. The molecule has 1 amide bonds. The summed E-state index contributed by atoms with van der Waals surface area (Å²) >= 11 is 0. The molecule has 1 saturated heterocycles. The fourth-order valence-corrected chi connectivity index (χ4v) is 4.58. The lowest BCUT2D eigenvalue weighted by molar-refractivity contribution is -0.142. The number of hydrogen-bond donors (Lipinski definition) is 2. The maximum Gasteiger partial charge on any atom is 0.322 e. The van der Waals surface area contributed by atoms with Gasteiger partial charge in [0, 0.05) is 12.6 Å². The van der Waals surface area contributed by atoms with Crippen LogP contribution in [-0.4, -0.2) is 54.9 Å². The Bertz CT molecular complexity index is 773. The van der Waals surface area contributed by atoms with Crippen molar-refractivity contribution in [2.24, 2.45) is 0 Å². The summed E-state index contributed by atoms with van der Waals surface area (Å²) in [6, 6.07) is 4.91. The summed E-state index contributed by atoms with van der Waals surface area (Å²) < 4.78 is 31.9. The summed E-state index contributed by atoms with van der Waals surface area (Å²) in [6.07, 6.45) is 3.63. The van der Waals surface area contributed by atoms with Crippen LogP contribution in [0.5, 0.6) is 5.75 Å². The number of nitrogens with zero attached hydrogens (tertiary/aromatic N) is 1. The molecule has 2 fully saturated rings. The van der Waals surface area contributed by atoms with Gasteiger partial charge in [-0.1, -0.05) is 0 Å². The first-order chi connectivity index (χ1) is 12.4. The van der Waals surface area contributed by atoms with E-state index in [4.69, 9.17) is 4.74 Å². The molecule has 0 spiro atoms. The van der Waals surface area contributed by atoms with E-state index in [2.05, 4.69) is 5.32 Å². The van der Waals surface area contributed by atoms with Crippen LogP contribution >= 0.6 is 0 Å². The number of carbonyl (C=O) groups excluding carboxylic acids is 1. The Hall–Kier alpha value is -2.13. The van der Waals surface area contributed by atoms with E-state index >= 15 is 0 Å². The highest BCUT2D eigenvalue weighted by Gasteiger charge is 2.37. The highest BCUT2D eigenvalue weighted by atomic mass is 32.2. The van der Waals surface area contributed by atoms with Gasteiger partial charge in [0.15, 0.2) is 6.61 Å². The maximum atomic E-state index is 12.8. The smallest absolute Gasteiger partial charge is 0.322 e. The molecule has 0 aromatic heterocycles. The molecule has 3 rings (SSSR count). The third kappa shape index (κ3) is 4.34. The molecule has 142 valence electrons. The number of aliphatic carboxylic acids is 1. The molecule has 1 aliphatic carbocycles. The molecule has 1 aromatic carbocycles. The van der Waals surface area contributed by atoms with Crippen molar-refractivity contribution in [1.29, 1.82) is 0 Å². The molecule has 9 heteroatoms. The summed E-state index contributed by atoms with van der Waals surface area (Å²) in [4.78, 5) is 23.0. The number of rotatable bonds is 7. The quantitative estimate of drug-likeness (QED) is 0.727. The number of sulfonamides is 1. The molecule has 26 heavy (non-hydrogen) atoms. The summed E-state index contributed by atoms with van der Waals surface area (Å²) in [7, 11) is -3.89. The van der Waals surface area contributed by atoms with E-state index in [9.17, 15) is 23.1 Å². The van der Waals surface area contributed by atoms with Crippen molar-refractivity contribution < 1.29 is 27.9 Å². The molecule has 1 saturated carbocycles. The van der Waals surface area contributed by atoms with E-state index in [-0.39, 0.29) is 30.0 Å². The number of carboxylic acid groups (broad SMARTS) is 1. The van der Waals surface area contributed by atoms with Crippen LogP contribution in [0.25, 0.3) is 0 Å². The van der Waals surface area contributed by atoms with Gasteiger partial charge in [0.2, 0.25) is 10.0 Å². The van der Waals surface area contributed by atoms with E-state index in [0.717, 1.165) is 17.1 Å². The fourth-order valence-electron chi connectivity index (χ4n) is 2.93. The average Bonchev–Trinajstić information content (AvgIpc) is 3.44. The first-order valence-corrected chi connectivity index (χ1v) is 10.1. The third-order valence-electron chi connectivity index (χ3n) is 4.48. The van der Waals surface area contributed by atoms with E-state index in [1.807, 2.05) is 0 Å². The summed E-state index contributed by atoms with van der Waals surface area (Å²) in [5.41, 5.74) is 0. The van der Waals surface area contributed by atoms with Crippen molar-refractivity contribution in [3.8, 4) is 5.75 Å². The number of nitrogens with one attached hydrogen (secondary N) is 1. The van der Waals surface area contributed by atoms with Gasteiger partial charge in [-0.3, -0.25) is 9.59 Å². The third-order valence-corrected chi connectivity index (χ3v) is 6.40. The summed E-state index contributed by atoms with van der Waals surface area (Å²) in [5, 5.41) is 12.1. The number of benzene rings is 1. The minimum absolute atomic E-state index is 0.0143. The molecule has 1 aromatic rings. The van der Waals surface area contributed by atoms with E-state index in [0.29, 0.717) is 25.0 Å². The molecule has 0 bridgehead atoms. The van der Waals surface area contributed by atoms with Crippen molar-refractivity contribution >= 4 is 21.9 Å². The molecule has 1 atom stereocenters. The van der Waals surface area contributed by atoms with Gasteiger partial charge in [-0.05, 0) is 56.4 Å². The van der Waals surface area contributed by atoms with Crippen molar-refractivity contribution in [1.82, 2.24) is 9.62 Å². The highest BCUT2D eigenvalue weighted by molar-refractivity contribution is 7.89. The van der Waals surface area contributed by atoms with Crippen LogP contribution in [0.3, 0.4) is 0 Å². The second-order valence-electron chi connectivity index (χ2n) is 6.57. The molecule has 2 aliphatic rings. The number of piperidine rings is 1. The monoisotopic (exact) mass is 382 g/mol. The number of hydrogen-bond acceptors (Lipinski definition) is 5. The summed E-state index contributed by atoms with van der Waals surface area (Å²) in [6.45, 7) is 0.0642. The van der Waals surface area contributed by atoms with Crippen molar-refractivity contribution in [2.45, 2.75) is 49.1 Å². The van der Waals surface area contributed by atoms with Crippen LogP contribution in [-0.2, 0) is 19.6 Å². The van der Waals surface area contributed by atoms with Gasteiger partial charge >= 0.3 is 5.97 Å². The van der Waals surface area contributed by atoms with Crippen molar-refractivity contribution in [2.75, 3.05) is 13.2 Å². The largest absolute Gasteiger partial charge is 0.484 e. The van der Waals surface area contributed by atoms with E-state index < -0.39 is 22.0 Å². The minimum Gasteiger partial charge on any atom is -0.484 e. The van der Waals surface area contributed by atoms with Crippen LogP contribution in [0, 0.1) is 0 Å². The first-order valence-electron chi connectivity index (χ1n) is 8.65. The number of ether oxygens (including phenoxy) is 1. The first kappa shape index (κ1) is 18.7. The molecule has 8 nitrogen and oxygen atoms in total. The van der Waals surface area contributed by atoms with E-state index in [1.54, 1.807) is 0 Å². The van der Waals surface area contributed by atoms with Crippen LogP contribution in [0.1, 0.15) is 32.1 Å². The lowest BCUT2D eigenvalue weighted by atomic mass is 10.1. The molecular weight excluding hydrogens is 360 g/mol. The highest BCUT2D eigenvalue weighted by Crippen LogP contribution is 2.26. The van der Waals surface area contributed by atoms with Gasteiger partial charge in [-0.15, -0.1) is 0 Å². The molecular formula is C17H22N2O6S. The van der Waals surface area contributed by atoms with Gasteiger partial charge in [-0.2, -0.15) is 4.31 Å². The predicted octanol–water partition coefficient (Wildman–Crippen LogP) is 0.972. The second-order valence-corrected chi connectivity index (χ2v) is 8.46. The molecule has 1 unspecified atom stereocenters. The van der Waals surface area contributed by atoms with Crippen LogP contribution in [0.4, 0.5) is 0 Å². The Labute approximate surface area is 152 Å². The van der Waals surface area contributed by atoms with Gasteiger partial charge in [0.05, 0.1) is 4.90 Å². The molecule has 1 aliphatic heterocycles. The van der Waals surface area contributed by atoms with Crippen LogP contribution in [0.15, 0.2) is 29.2 Å². The number of carbonyl (C=O) groups is 2. The Balaban J connectivity index is 1.66. The van der Waals surface area contributed by atoms with Crippen LogP contribution in [0.2, 0.25) is 0 Å². The number of amides is 1. The SMILES string of the molecule is O=C(COc1ccc(S(=O)(=O)N2CCCCC2C(=O)O)cc1)NC1CC1. The van der Waals surface area contributed by atoms with Gasteiger partial charge in [0.1, 0.15) is 11.8 Å². The lowest BCUT2D eigenvalue weighted by Gasteiger charge is -2.31. The average molecular weight is 382 g/mol. The Morgan fingerprint density at radius 3 is 2.46 bits per heavy atom. The molecule has 1 heterocycles. The zero-order chi connectivity index (χ0) is 18.7. The molecule has 2 N–H and O–H groups in total. The van der Waals surface area contributed by atoms with Gasteiger partial charge < -0.3 is 15.2 Å². The Morgan fingerprint density at radius 1 is 1.15 bits per heavy atom. The Morgan fingerprint density at radius 2 is 1.85 bits per heavy atom. The fraction of sp³-hybridized carbons (Fsp3) is 0.529. The summed E-state index contributed by atoms with van der Waals surface area (Å²) in [5.74, 6) is -0.958. The number of carboxylic acids is 1. The Kier molecular flexibility index (Phi) is 5.47. The minimum atomic E-state index is -3.89. The lowest BCUT2D eigenvalue weighted by Crippen LogP contribution is -2.47. The standard InChI is InChI=1S/C17H22N2O6S/c20-16(18-12-4-5-12)11-25-13-6-8-14(9-7-13)26(23,24)19-10-2-1-3-15(19)17(21)22/h6-9,12,15H,1-5,10-11H2,(H,18,20)(H,21,22). The zero-order valence-corrected chi connectivity index (χ0v) is 15.1.